The van der Waals surface area contributed by atoms with Gasteiger partial charge in [-0.25, -0.2) is 0 Å². The SMILES string of the molecule is C=CCN(C(=O)C1N(CCO)C(=O)[C@@H]2[C@H](C(=O)O)[C@]3(CC)CCC12O3)c1c(C)cccc1C. The minimum Gasteiger partial charge on any atom is -0.481 e. The number of ether oxygens (including phenoxy) is 1. The van der Waals surface area contributed by atoms with Crippen LogP contribution in [-0.2, 0) is 19.1 Å². The Morgan fingerprint density at radius 1 is 1.30 bits per heavy atom. The molecule has 2 N–H and O–H groups in total. The van der Waals surface area contributed by atoms with Crippen molar-refractivity contribution in [2.75, 3.05) is 24.6 Å². The Labute approximate surface area is 193 Å². The van der Waals surface area contributed by atoms with Crippen molar-refractivity contribution in [3.8, 4) is 0 Å². The molecule has 0 aromatic heterocycles. The van der Waals surface area contributed by atoms with Crippen LogP contribution in [-0.4, -0.2) is 69.8 Å². The fraction of sp³-hybridized carbons (Fsp3) is 0.560. The zero-order chi connectivity index (χ0) is 24.1. The number of nitrogens with zero attached hydrogens (tertiary/aromatic N) is 2. The summed E-state index contributed by atoms with van der Waals surface area (Å²) in [6.45, 7) is 9.35. The summed E-state index contributed by atoms with van der Waals surface area (Å²) < 4.78 is 6.50. The number of benzene rings is 1. The van der Waals surface area contributed by atoms with E-state index in [2.05, 4.69) is 6.58 Å². The molecule has 1 aromatic rings. The number of anilines is 1. The topological polar surface area (TPSA) is 107 Å². The van der Waals surface area contributed by atoms with Crippen LogP contribution in [0.1, 0.15) is 37.3 Å². The summed E-state index contributed by atoms with van der Waals surface area (Å²) in [6, 6.07) is 4.74. The Morgan fingerprint density at radius 3 is 2.52 bits per heavy atom. The molecule has 8 heteroatoms. The van der Waals surface area contributed by atoms with Gasteiger partial charge in [-0.05, 0) is 44.2 Å². The third-order valence-corrected chi connectivity index (χ3v) is 7.81. The van der Waals surface area contributed by atoms with Gasteiger partial charge in [-0.15, -0.1) is 6.58 Å². The van der Waals surface area contributed by atoms with Gasteiger partial charge < -0.3 is 24.7 Å². The average molecular weight is 457 g/mol. The van der Waals surface area contributed by atoms with Crippen LogP contribution in [0, 0.1) is 25.7 Å². The molecule has 1 spiro atoms. The van der Waals surface area contributed by atoms with Gasteiger partial charge in [0, 0.05) is 18.8 Å². The molecule has 3 heterocycles. The van der Waals surface area contributed by atoms with Crippen LogP contribution in [0.15, 0.2) is 30.9 Å². The fourth-order valence-electron chi connectivity index (χ4n) is 6.52. The molecule has 2 unspecified atom stereocenters. The summed E-state index contributed by atoms with van der Waals surface area (Å²) in [7, 11) is 0. The number of carboxylic acids is 1. The molecule has 2 bridgehead atoms. The van der Waals surface area contributed by atoms with Crippen LogP contribution < -0.4 is 4.90 Å². The van der Waals surface area contributed by atoms with Crippen molar-refractivity contribution in [2.45, 2.75) is 57.3 Å². The van der Waals surface area contributed by atoms with E-state index < -0.39 is 41.0 Å². The highest BCUT2D eigenvalue weighted by molar-refractivity contribution is 6.05. The van der Waals surface area contributed by atoms with Gasteiger partial charge >= 0.3 is 5.97 Å². The summed E-state index contributed by atoms with van der Waals surface area (Å²) >= 11 is 0. The Bertz CT molecular complexity index is 988. The van der Waals surface area contributed by atoms with E-state index in [9.17, 15) is 24.6 Å². The van der Waals surface area contributed by atoms with Gasteiger partial charge in [0.2, 0.25) is 5.91 Å². The standard InChI is InChI=1S/C25H32N2O6/c1-5-12-26(19-15(3)8-7-9-16(19)4)22(30)20-25-11-10-24(6-2,33-25)18(23(31)32)17(25)21(29)27(20)13-14-28/h5,7-9,17-18,20,28H,1,6,10-14H2,2-4H3,(H,31,32)/t17-,18+,20?,24-,25?/m0/s1. The van der Waals surface area contributed by atoms with E-state index in [1.54, 1.807) is 11.0 Å². The molecule has 5 atom stereocenters. The molecule has 0 saturated carbocycles. The first kappa shape index (κ1) is 23.4. The van der Waals surface area contributed by atoms with Gasteiger partial charge in [-0.2, -0.15) is 0 Å². The number of hydrogen-bond acceptors (Lipinski definition) is 5. The van der Waals surface area contributed by atoms with Crippen LogP contribution in [0.2, 0.25) is 0 Å². The molecule has 8 nitrogen and oxygen atoms in total. The van der Waals surface area contributed by atoms with Gasteiger partial charge in [0.25, 0.3) is 5.91 Å². The molecule has 0 radical (unpaired) electrons. The Kier molecular flexibility index (Phi) is 5.87. The number of amides is 2. The average Bonchev–Trinajstić information content (AvgIpc) is 3.37. The van der Waals surface area contributed by atoms with E-state index in [1.165, 1.54) is 4.90 Å². The number of carbonyl (C=O) groups excluding carboxylic acids is 2. The van der Waals surface area contributed by atoms with Crippen molar-refractivity contribution >= 4 is 23.5 Å². The minimum atomic E-state index is -1.22. The van der Waals surface area contributed by atoms with Crippen molar-refractivity contribution in [1.82, 2.24) is 4.90 Å². The highest BCUT2D eigenvalue weighted by Crippen LogP contribution is 2.64. The highest BCUT2D eigenvalue weighted by Gasteiger charge is 2.79. The van der Waals surface area contributed by atoms with Crippen LogP contribution in [0.25, 0.3) is 0 Å². The predicted octanol–water partition coefficient (Wildman–Crippen LogP) is 2.05. The molecule has 3 aliphatic heterocycles. The van der Waals surface area contributed by atoms with Gasteiger partial charge in [0.05, 0.1) is 18.1 Å². The predicted molar refractivity (Wildman–Crippen MR) is 122 cm³/mol. The summed E-state index contributed by atoms with van der Waals surface area (Å²) in [5.41, 5.74) is 0.367. The maximum Gasteiger partial charge on any atom is 0.310 e. The van der Waals surface area contributed by atoms with Crippen molar-refractivity contribution in [2.24, 2.45) is 11.8 Å². The lowest BCUT2D eigenvalue weighted by atomic mass is 9.65. The summed E-state index contributed by atoms with van der Waals surface area (Å²) in [6.07, 6.45) is 2.98. The van der Waals surface area contributed by atoms with Crippen molar-refractivity contribution in [3.63, 3.8) is 0 Å². The van der Waals surface area contributed by atoms with Crippen molar-refractivity contribution < 1.29 is 29.3 Å². The molecule has 178 valence electrons. The van der Waals surface area contributed by atoms with Gasteiger partial charge in [0.15, 0.2) is 0 Å². The summed E-state index contributed by atoms with van der Waals surface area (Å²) in [4.78, 5) is 43.1. The normalized spacial score (nSPS) is 32.2. The number of para-hydroxylation sites is 1. The van der Waals surface area contributed by atoms with Crippen molar-refractivity contribution in [1.29, 1.82) is 0 Å². The molecule has 3 aliphatic rings. The number of aryl methyl sites for hydroxylation is 2. The van der Waals surface area contributed by atoms with E-state index in [1.807, 2.05) is 39.0 Å². The number of likely N-dealkylation sites (tertiary alicyclic amines) is 1. The maximum atomic E-state index is 14.2. The number of aliphatic hydroxyl groups is 1. The summed E-state index contributed by atoms with van der Waals surface area (Å²) in [5.74, 6) is -3.81. The first-order valence-electron chi connectivity index (χ1n) is 11.5. The number of aliphatic carboxylic acids is 1. The number of hydrogen-bond donors (Lipinski definition) is 2. The molecular weight excluding hydrogens is 424 g/mol. The third kappa shape index (κ3) is 3.14. The first-order chi connectivity index (χ1) is 15.7. The Hall–Kier alpha value is -2.71. The monoisotopic (exact) mass is 456 g/mol. The van der Waals surface area contributed by atoms with Crippen LogP contribution in [0.5, 0.6) is 0 Å². The van der Waals surface area contributed by atoms with Crippen LogP contribution in [0.3, 0.4) is 0 Å². The van der Waals surface area contributed by atoms with Gasteiger partial charge in [0.1, 0.15) is 17.6 Å². The van der Waals surface area contributed by atoms with Gasteiger partial charge in [-0.1, -0.05) is 31.2 Å². The molecule has 3 saturated heterocycles. The smallest absolute Gasteiger partial charge is 0.310 e. The van der Waals surface area contributed by atoms with Crippen LogP contribution in [0.4, 0.5) is 5.69 Å². The second kappa shape index (κ2) is 8.25. The molecule has 0 aliphatic carbocycles. The molecular formula is C25H32N2O6. The number of carbonyl (C=O) groups is 3. The van der Waals surface area contributed by atoms with E-state index in [-0.39, 0.29) is 25.6 Å². The molecule has 1 aromatic carbocycles. The quantitative estimate of drug-likeness (QED) is 0.580. The van der Waals surface area contributed by atoms with E-state index in [0.717, 1.165) is 16.8 Å². The highest BCUT2D eigenvalue weighted by atomic mass is 16.5. The number of carboxylic acid groups (broad SMARTS) is 1. The summed E-state index contributed by atoms with van der Waals surface area (Å²) in [5, 5.41) is 19.8. The van der Waals surface area contributed by atoms with E-state index in [0.29, 0.717) is 19.3 Å². The second-order valence-corrected chi connectivity index (χ2v) is 9.40. The zero-order valence-electron chi connectivity index (χ0n) is 19.4. The number of aliphatic hydroxyl groups excluding tert-OH is 1. The minimum absolute atomic E-state index is 0.0585. The maximum absolute atomic E-state index is 14.2. The van der Waals surface area contributed by atoms with E-state index >= 15 is 0 Å². The van der Waals surface area contributed by atoms with Crippen LogP contribution >= 0.6 is 0 Å². The number of β-amino-alcohol motifs (C(OH)–C–C–N with tert-alkyl or cyclic N) is 1. The largest absolute Gasteiger partial charge is 0.481 e. The third-order valence-electron chi connectivity index (χ3n) is 7.81. The number of fused-ring (bicyclic) bond motifs is 1. The molecule has 4 rings (SSSR count). The van der Waals surface area contributed by atoms with Gasteiger partial charge in [-0.3, -0.25) is 14.4 Å². The second-order valence-electron chi connectivity index (χ2n) is 9.40. The first-order valence-corrected chi connectivity index (χ1v) is 11.5. The van der Waals surface area contributed by atoms with E-state index in [4.69, 9.17) is 4.74 Å². The number of rotatable bonds is 8. The zero-order valence-corrected chi connectivity index (χ0v) is 19.4. The Morgan fingerprint density at radius 2 is 1.97 bits per heavy atom. The molecule has 3 fully saturated rings. The molecule has 33 heavy (non-hydrogen) atoms. The molecule has 2 amide bonds. The lowest BCUT2D eigenvalue weighted by Crippen LogP contribution is -2.57. The lowest BCUT2D eigenvalue weighted by Gasteiger charge is -2.37. The van der Waals surface area contributed by atoms with Crippen molar-refractivity contribution in [3.05, 3.63) is 42.0 Å². The Balaban J connectivity index is 1.86. The fourth-order valence-corrected chi connectivity index (χ4v) is 6.52. The lowest BCUT2D eigenvalue weighted by molar-refractivity contribution is -0.155.